The molecular weight excluding hydrogens is 301 g/mol. The van der Waals surface area contributed by atoms with Crippen molar-refractivity contribution in [3.05, 3.63) is 29.6 Å². The van der Waals surface area contributed by atoms with E-state index in [4.69, 9.17) is 5.11 Å². The number of amides is 1. The molecule has 1 amide bonds. The van der Waals surface area contributed by atoms with Crippen molar-refractivity contribution in [3.8, 4) is 0 Å². The number of carboxylic acid groups (broad SMARTS) is 1. The minimum atomic E-state index is -4.51. The molecule has 120 valence electrons. The summed E-state index contributed by atoms with van der Waals surface area (Å²) in [4.78, 5) is 28.2. The van der Waals surface area contributed by atoms with Gasteiger partial charge >= 0.3 is 12.1 Å². The summed E-state index contributed by atoms with van der Waals surface area (Å²) in [5.41, 5.74) is -1.05. The van der Waals surface area contributed by atoms with E-state index < -0.39 is 29.5 Å². The molecular formula is C14H15F3N2O3. The number of carbonyl (C=O) groups is 2. The highest BCUT2D eigenvalue weighted by Crippen LogP contribution is 2.29. The van der Waals surface area contributed by atoms with Gasteiger partial charge in [-0.15, -0.1) is 0 Å². The fraction of sp³-hybridized carbons (Fsp3) is 0.500. The van der Waals surface area contributed by atoms with Crippen molar-refractivity contribution in [2.24, 2.45) is 11.8 Å². The van der Waals surface area contributed by atoms with E-state index in [2.05, 4.69) is 4.98 Å². The van der Waals surface area contributed by atoms with Gasteiger partial charge in [-0.25, -0.2) is 0 Å². The van der Waals surface area contributed by atoms with Gasteiger partial charge in [0.25, 0.3) is 5.91 Å². The van der Waals surface area contributed by atoms with Crippen LogP contribution in [0.2, 0.25) is 0 Å². The Hall–Kier alpha value is -2.12. The zero-order chi connectivity index (χ0) is 16.5. The summed E-state index contributed by atoms with van der Waals surface area (Å²) in [5.74, 6) is -2.19. The molecule has 1 saturated heterocycles. The van der Waals surface area contributed by atoms with E-state index >= 15 is 0 Å². The molecule has 1 N–H and O–H groups in total. The first-order chi connectivity index (χ1) is 10.2. The standard InChI is InChI=1S/C14H15F3N2O3/c1-8-4-9(13(21)22)7-19(6-8)12(20)11-3-2-10(5-18-11)14(15,16)17/h2-3,5,8-9H,4,6-7H2,1H3,(H,21,22). The van der Waals surface area contributed by atoms with Crippen LogP contribution in [0.4, 0.5) is 13.2 Å². The van der Waals surface area contributed by atoms with Crippen molar-refractivity contribution in [1.82, 2.24) is 9.88 Å². The van der Waals surface area contributed by atoms with E-state index in [1.807, 2.05) is 6.92 Å². The summed E-state index contributed by atoms with van der Waals surface area (Å²) in [6, 6.07) is 1.81. The van der Waals surface area contributed by atoms with Gasteiger partial charge in [-0.05, 0) is 24.5 Å². The van der Waals surface area contributed by atoms with Crippen LogP contribution in [0.3, 0.4) is 0 Å². The molecule has 22 heavy (non-hydrogen) atoms. The van der Waals surface area contributed by atoms with Gasteiger partial charge in [-0.3, -0.25) is 14.6 Å². The Bertz CT molecular complexity index is 572. The molecule has 2 unspecified atom stereocenters. The quantitative estimate of drug-likeness (QED) is 0.909. The summed E-state index contributed by atoms with van der Waals surface area (Å²) in [5, 5.41) is 9.07. The van der Waals surface area contributed by atoms with Crippen LogP contribution >= 0.6 is 0 Å². The Morgan fingerprint density at radius 2 is 2.00 bits per heavy atom. The molecule has 0 aliphatic carbocycles. The SMILES string of the molecule is CC1CC(C(=O)O)CN(C(=O)c2ccc(C(F)(F)F)cn2)C1. The maximum atomic E-state index is 12.5. The molecule has 1 aromatic rings. The van der Waals surface area contributed by atoms with E-state index in [-0.39, 0.29) is 18.2 Å². The van der Waals surface area contributed by atoms with Crippen molar-refractivity contribution in [1.29, 1.82) is 0 Å². The third-order valence-electron chi connectivity index (χ3n) is 3.61. The van der Waals surface area contributed by atoms with Gasteiger partial charge in [0.2, 0.25) is 0 Å². The van der Waals surface area contributed by atoms with Crippen LogP contribution in [0.25, 0.3) is 0 Å². The third-order valence-corrected chi connectivity index (χ3v) is 3.61. The van der Waals surface area contributed by atoms with E-state index in [9.17, 15) is 22.8 Å². The number of hydrogen-bond acceptors (Lipinski definition) is 3. The van der Waals surface area contributed by atoms with Crippen molar-refractivity contribution >= 4 is 11.9 Å². The van der Waals surface area contributed by atoms with Crippen LogP contribution < -0.4 is 0 Å². The van der Waals surface area contributed by atoms with Crippen molar-refractivity contribution in [3.63, 3.8) is 0 Å². The largest absolute Gasteiger partial charge is 0.481 e. The summed E-state index contributed by atoms with van der Waals surface area (Å²) in [7, 11) is 0. The Morgan fingerprint density at radius 1 is 1.32 bits per heavy atom. The van der Waals surface area contributed by atoms with Crippen molar-refractivity contribution in [2.45, 2.75) is 19.5 Å². The number of carbonyl (C=O) groups excluding carboxylic acids is 1. The number of hydrogen-bond donors (Lipinski definition) is 1. The Labute approximate surface area is 124 Å². The molecule has 0 aromatic carbocycles. The highest BCUT2D eigenvalue weighted by atomic mass is 19.4. The second kappa shape index (κ2) is 5.94. The fourth-order valence-corrected chi connectivity index (χ4v) is 2.55. The number of likely N-dealkylation sites (tertiary alicyclic amines) is 1. The lowest BCUT2D eigenvalue weighted by Gasteiger charge is -2.34. The Kier molecular flexibility index (Phi) is 4.39. The van der Waals surface area contributed by atoms with E-state index in [1.165, 1.54) is 4.90 Å². The zero-order valence-corrected chi connectivity index (χ0v) is 11.8. The number of nitrogens with zero attached hydrogens (tertiary/aromatic N) is 2. The molecule has 0 radical (unpaired) electrons. The molecule has 2 heterocycles. The molecule has 2 atom stereocenters. The molecule has 1 aliphatic rings. The van der Waals surface area contributed by atoms with Gasteiger partial charge in [0, 0.05) is 19.3 Å². The molecule has 0 bridgehead atoms. The Balaban J connectivity index is 2.15. The number of alkyl halides is 3. The second-order valence-electron chi connectivity index (χ2n) is 5.52. The van der Waals surface area contributed by atoms with Crippen LogP contribution in [0, 0.1) is 11.8 Å². The molecule has 1 fully saturated rings. The first-order valence-corrected chi connectivity index (χ1v) is 6.74. The van der Waals surface area contributed by atoms with Gasteiger partial charge in [0.05, 0.1) is 11.5 Å². The van der Waals surface area contributed by atoms with Crippen LogP contribution in [0.5, 0.6) is 0 Å². The van der Waals surface area contributed by atoms with Crippen LogP contribution in [-0.4, -0.2) is 40.0 Å². The van der Waals surface area contributed by atoms with E-state index in [1.54, 1.807) is 0 Å². The zero-order valence-electron chi connectivity index (χ0n) is 11.8. The smallest absolute Gasteiger partial charge is 0.417 e. The summed E-state index contributed by atoms with van der Waals surface area (Å²) < 4.78 is 37.4. The first kappa shape index (κ1) is 16.3. The van der Waals surface area contributed by atoms with Crippen LogP contribution in [0.1, 0.15) is 29.4 Å². The number of halogens is 3. The number of pyridine rings is 1. The van der Waals surface area contributed by atoms with Gasteiger partial charge in [-0.2, -0.15) is 13.2 Å². The predicted molar refractivity (Wildman–Crippen MR) is 70.0 cm³/mol. The highest BCUT2D eigenvalue weighted by Gasteiger charge is 2.34. The average Bonchev–Trinajstić information content (AvgIpc) is 2.45. The lowest BCUT2D eigenvalue weighted by molar-refractivity contribution is -0.144. The highest BCUT2D eigenvalue weighted by molar-refractivity contribution is 5.92. The molecule has 8 heteroatoms. The van der Waals surface area contributed by atoms with Gasteiger partial charge in [0.15, 0.2) is 0 Å². The van der Waals surface area contributed by atoms with Crippen molar-refractivity contribution in [2.75, 3.05) is 13.1 Å². The monoisotopic (exact) mass is 316 g/mol. The minimum absolute atomic E-state index is 0.00764. The Morgan fingerprint density at radius 3 is 2.50 bits per heavy atom. The van der Waals surface area contributed by atoms with Crippen LogP contribution in [-0.2, 0) is 11.0 Å². The van der Waals surface area contributed by atoms with Gasteiger partial charge < -0.3 is 10.0 Å². The number of aromatic nitrogens is 1. The summed E-state index contributed by atoms with van der Waals surface area (Å²) >= 11 is 0. The molecule has 0 saturated carbocycles. The lowest BCUT2D eigenvalue weighted by Crippen LogP contribution is -2.45. The fourth-order valence-electron chi connectivity index (χ4n) is 2.55. The minimum Gasteiger partial charge on any atom is -0.481 e. The number of carboxylic acids is 1. The van der Waals surface area contributed by atoms with E-state index in [0.29, 0.717) is 19.2 Å². The third kappa shape index (κ3) is 3.55. The number of rotatable bonds is 2. The summed E-state index contributed by atoms with van der Waals surface area (Å²) in [6.45, 7) is 2.24. The predicted octanol–water partition coefficient (Wildman–Crippen LogP) is 2.28. The van der Waals surface area contributed by atoms with Crippen molar-refractivity contribution < 1.29 is 27.9 Å². The number of aliphatic carboxylic acids is 1. The normalized spacial score (nSPS) is 22.5. The number of piperidine rings is 1. The molecule has 5 nitrogen and oxygen atoms in total. The molecule has 1 aliphatic heterocycles. The maximum absolute atomic E-state index is 12.5. The van der Waals surface area contributed by atoms with Gasteiger partial charge in [0.1, 0.15) is 5.69 Å². The molecule has 0 spiro atoms. The summed E-state index contributed by atoms with van der Waals surface area (Å²) in [6.07, 6.45) is -3.43. The maximum Gasteiger partial charge on any atom is 0.417 e. The average molecular weight is 316 g/mol. The van der Waals surface area contributed by atoms with Crippen LogP contribution in [0.15, 0.2) is 18.3 Å². The molecule has 2 rings (SSSR count). The van der Waals surface area contributed by atoms with Gasteiger partial charge in [-0.1, -0.05) is 6.92 Å². The topological polar surface area (TPSA) is 70.5 Å². The lowest BCUT2D eigenvalue weighted by atomic mass is 9.90. The van der Waals surface area contributed by atoms with E-state index in [0.717, 1.165) is 12.1 Å². The molecule has 1 aromatic heterocycles. The second-order valence-corrected chi connectivity index (χ2v) is 5.52. The first-order valence-electron chi connectivity index (χ1n) is 6.74.